The van der Waals surface area contributed by atoms with Crippen molar-refractivity contribution in [2.45, 2.75) is 5.41 Å². The van der Waals surface area contributed by atoms with Gasteiger partial charge in [0.1, 0.15) is 11.2 Å². The minimum atomic E-state index is -0.449. The fraction of sp³-hybridized carbons (Fsp3) is 0.0204. The summed E-state index contributed by atoms with van der Waals surface area (Å²) in [5, 5.41) is 4.80. The molecule has 8 aromatic carbocycles. The molecule has 1 aliphatic rings. The molecule has 0 amide bonds. The topological polar surface area (TPSA) is 16.4 Å². The Morgan fingerprint density at radius 1 is 0.404 bits per heavy atom. The monoisotopic (exact) mass is 681 g/mol. The third kappa shape index (κ3) is 4.11. The molecule has 0 radical (unpaired) electrons. The minimum Gasteiger partial charge on any atom is -0.456 e. The third-order valence-electron chi connectivity index (χ3n) is 10.9. The van der Waals surface area contributed by atoms with Gasteiger partial charge in [0.15, 0.2) is 0 Å². The summed E-state index contributed by atoms with van der Waals surface area (Å²) in [5.74, 6) is 0. The summed E-state index contributed by atoms with van der Waals surface area (Å²) < 4.78 is 8.96. The van der Waals surface area contributed by atoms with Gasteiger partial charge < -0.3 is 9.32 Å². The molecule has 52 heavy (non-hydrogen) atoms. The fourth-order valence-corrected chi connectivity index (χ4v) is 10.0. The number of thiophene rings is 1. The van der Waals surface area contributed by atoms with E-state index in [0.29, 0.717) is 0 Å². The van der Waals surface area contributed by atoms with E-state index in [4.69, 9.17) is 4.42 Å². The maximum atomic E-state index is 6.36. The first-order chi connectivity index (χ1) is 25.8. The molecule has 0 saturated heterocycles. The average Bonchev–Trinajstić information content (AvgIpc) is 3.87. The third-order valence-corrected chi connectivity index (χ3v) is 12.2. The van der Waals surface area contributed by atoms with Crippen LogP contribution in [-0.2, 0) is 5.41 Å². The molecule has 1 aliphatic carbocycles. The standard InChI is InChI=1S/C49H31NOS/c1-3-14-32(15-4-1)49(42-22-10-7-18-36(42)37-19-8-11-23-43(37)49)44-24-13-21-40-41-30-34(27-29-47(41)52-48(40)44)50(33-16-5-2-6-17-33)35-26-28-39-38-20-9-12-25-45(38)51-46(39)31-35/h1-31H. The number of nitrogens with zero attached hydrogens (tertiary/aromatic N) is 1. The van der Waals surface area contributed by atoms with E-state index >= 15 is 0 Å². The number of fused-ring (bicyclic) bond motifs is 9. The predicted molar refractivity (Wildman–Crippen MR) is 219 cm³/mol. The summed E-state index contributed by atoms with van der Waals surface area (Å²) in [7, 11) is 0. The summed E-state index contributed by atoms with van der Waals surface area (Å²) >= 11 is 1.90. The number of furan rings is 1. The molecule has 3 heteroatoms. The van der Waals surface area contributed by atoms with Gasteiger partial charge in [0.25, 0.3) is 0 Å². The number of hydrogen-bond donors (Lipinski definition) is 0. The predicted octanol–water partition coefficient (Wildman–Crippen LogP) is 13.8. The van der Waals surface area contributed by atoms with Gasteiger partial charge in [-0.25, -0.2) is 0 Å². The van der Waals surface area contributed by atoms with E-state index in [1.165, 1.54) is 53.6 Å². The van der Waals surface area contributed by atoms with Crippen LogP contribution in [0.25, 0.3) is 53.2 Å². The Labute approximate surface area is 305 Å². The molecular weight excluding hydrogens is 651 g/mol. The second-order valence-electron chi connectivity index (χ2n) is 13.6. The molecule has 244 valence electrons. The van der Waals surface area contributed by atoms with Crippen LogP contribution in [0.1, 0.15) is 22.3 Å². The van der Waals surface area contributed by atoms with Crippen LogP contribution in [0.3, 0.4) is 0 Å². The summed E-state index contributed by atoms with van der Waals surface area (Å²) in [6.07, 6.45) is 0. The average molecular weight is 682 g/mol. The van der Waals surface area contributed by atoms with E-state index in [9.17, 15) is 0 Å². The quantitative estimate of drug-likeness (QED) is 0.180. The molecule has 0 bridgehead atoms. The first-order valence-electron chi connectivity index (χ1n) is 17.8. The molecule has 0 atom stereocenters. The highest BCUT2D eigenvalue weighted by molar-refractivity contribution is 7.26. The Balaban J connectivity index is 1.15. The van der Waals surface area contributed by atoms with Gasteiger partial charge >= 0.3 is 0 Å². The van der Waals surface area contributed by atoms with Crippen molar-refractivity contribution in [3.63, 3.8) is 0 Å². The number of rotatable bonds is 5. The molecule has 11 rings (SSSR count). The van der Waals surface area contributed by atoms with Gasteiger partial charge in [0, 0.05) is 54.1 Å². The van der Waals surface area contributed by atoms with Gasteiger partial charge in [-0.1, -0.05) is 133 Å². The van der Waals surface area contributed by atoms with Gasteiger partial charge in [0.2, 0.25) is 0 Å². The number of benzene rings is 8. The molecular formula is C49H31NOS. The highest BCUT2D eigenvalue weighted by Crippen LogP contribution is 2.58. The zero-order chi connectivity index (χ0) is 34.2. The Hall–Kier alpha value is -6.42. The van der Waals surface area contributed by atoms with E-state index in [1.54, 1.807) is 0 Å². The first kappa shape index (κ1) is 29.3. The maximum absolute atomic E-state index is 6.36. The van der Waals surface area contributed by atoms with Gasteiger partial charge in [-0.05, 0) is 81.9 Å². The molecule has 0 aliphatic heterocycles. The first-order valence-corrected chi connectivity index (χ1v) is 18.6. The van der Waals surface area contributed by atoms with Crippen LogP contribution in [0.5, 0.6) is 0 Å². The molecule has 0 saturated carbocycles. The van der Waals surface area contributed by atoms with Gasteiger partial charge in [-0.2, -0.15) is 0 Å². The Bertz CT molecular complexity index is 2930. The minimum absolute atomic E-state index is 0.449. The van der Waals surface area contributed by atoms with Crippen LogP contribution in [0.15, 0.2) is 192 Å². The Kier molecular flexibility index (Phi) is 6.37. The SMILES string of the molecule is c1ccc(N(c2ccc3c(c2)oc2ccccc23)c2ccc3sc4c(C5(c6ccccc6)c6ccccc6-c6ccccc65)cccc4c3c2)cc1. The highest BCUT2D eigenvalue weighted by Gasteiger charge is 2.46. The van der Waals surface area contributed by atoms with Crippen LogP contribution < -0.4 is 4.90 Å². The lowest BCUT2D eigenvalue weighted by Crippen LogP contribution is -2.28. The molecule has 10 aromatic rings. The van der Waals surface area contributed by atoms with Crippen molar-refractivity contribution in [3.05, 3.63) is 210 Å². The van der Waals surface area contributed by atoms with Crippen molar-refractivity contribution >= 4 is 70.5 Å². The molecule has 2 aromatic heterocycles. The molecule has 0 N–H and O–H groups in total. The normalized spacial score (nSPS) is 13.2. The Morgan fingerprint density at radius 2 is 1.00 bits per heavy atom. The maximum Gasteiger partial charge on any atom is 0.137 e. The lowest BCUT2D eigenvalue weighted by atomic mass is 9.67. The summed E-state index contributed by atoms with van der Waals surface area (Å²) in [6.45, 7) is 0. The summed E-state index contributed by atoms with van der Waals surface area (Å²) in [5.41, 5.74) is 12.5. The zero-order valence-corrected chi connectivity index (χ0v) is 29.0. The van der Waals surface area contributed by atoms with E-state index in [2.05, 4.69) is 181 Å². The lowest BCUT2D eigenvalue weighted by molar-refractivity contribution is 0.669. The zero-order valence-electron chi connectivity index (χ0n) is 28.2. The van der Waals surface area contributed by atoms with Gasteiger partial charge in [-0.15, -0.1) is 11.3 Å². The van der Waals surface area contributed by atoms with E-state index in [-0.39, 0.29) is 0 Å². The molecule has 0 unspecified atom stereocenters. The van der Waals surface area contributed by atoms with Crippen LogP contribution in [0.2, 0.25) is 0 Å². The second kappa shape index (κ2) is 11.3. The molecule has 2 heterocycles. The fourth-order valence-electron chi connectivity index (χ4n) is 8.78. The highest BCUT2D eigenvalue weighted by atomic mass is 32.1. The summed E-state index contributed by atoms with van der Waals surface area (Å²) in [4.78, 5) is 2.34. The van der Waals surface area contributed by atoms with Crippen molar-refractivity contribution in [1.29, 1.82) is 0 Å². The second-order valence-corrected chi connectivity index (χ2v) is 14.7. The van der Waals surface area contributed by atoms with Crippen LogP contribution in [0.4, 0.5) is 17.1 Å². The van der Waals surface area contributed by atoms with Gasteiger partial charge in [-0.3, -0.25) is 0 Å². The molecule has 2 nitrogen and oxygen atoms in total. The smallest absolute Gasteiger partial charge is 0.137 e. The number of para-hydroxylation sites is 2. The van der Waals surface area contributed by atoms with Crippen molar-refractivity contribution in [2.24, 2.45) is 0 Å². The Morgan fingerprint density at radius 3 is 1.79 bits per heavy atom. The lowest BCUT2D eigenvalue weighted by Gasteiger charge is -2.34. The van der Waals surface area contributed by atoms with Gasteiger partial charge in [0.05, 0.1) is 5.41 Å². The van der Waals surface area contributed by atoms with E-state index in [1.807, 2.05) is 23.5 Å². The van der Waals surface area contributed by atoms with Crippen LogP contribution in [0, 0.1) is 0 Å². The van der Waals surface area contributed by atoms with Crippen LogP contribution >= 0.6 is 11.3 Å². The van der Waals surface area contributed by atoms with E-state index < -0.39 is 5.41 Å². The number of hydrogen-bond acceptors (Lipinski definition) is 3. The molecule has 0 fully saturated rings. The van der Waals surface area contributed by atoms with Crippen molar-refractivity contribution in [3.8, 4) is 11.1 Å². The summed E-state index contributed by atoms with van der Waals surface area (Å²) in [6, 6.07) is 68.4. The van der Waals surface area contributed by atoms with E-state index in [0.717, 1.165) is 39.0 Å². The largest absolute Gasteiger partial charge is 0.456 e. The number of anilines is 3. The van der Waals surface area contributed by atoms with Crippen molar-refractivity contribution in [2.75, 3.05) is 4.90 Å². The molecule has 0 spiro atoms. The van der Waals surface area contributed by atoms with Crippen LogP contribution in [-0.4, -0.2) is 0 Å². The van der Waals surface area contributed by atoms with Crippen molar-refractivity contribution in [1.82, 2.24) is 0 Å². The van der Waals surface area contributed by atoms with Crippen molar-refractivity contribution < 1.29 is 4.42 Å².